The summed E-state index contributed by atoms with van der Waals surface area (Å²) in [6.07, 6.45) is 0. The van der Waals surface area contributed by atoms with E-state index in [2.05, 4.69) is 15.9 Å². The first-order valence-corrected chi connectivity index (χ1v) is 8.60. The lowest BCUT2D eigenvalue weighted by Gasteiger charge is -2.23. The second-order valence-electron chi connectivity index (χ2n) is 4.10. The first-order valence-electron chi connectivity index (χ1n) is 5.99. The lowest BCUT2D eigenvalue weighted by molar-refractivity contribution is 0.592. The van der Waals surface area contributed by atoms with Crippen LogP contribution in [-0.4, -0.2) is 15.0 Å². The van der Waals surface area contributed by atoms with Gasteiger partial charge in [-0.1, -0.05) is 33.6 Å². The van der Waals surface area contributed by atoms with Crippen LogP contribution < -0.4 is 4.31 Å². The number of benzene rings is 2. The maximum atomic E-state index is 12.7. The Hall–Kier alpha value is -1.04. The molecule has 2 aromatic rings. The molecule has 0 radical (unpaired) electrons. The monoisotopic (exact) mass is 373 g/mol. The quantitative estimate of drug-likeness (QED) is 0.799. The van der Waals surface area contributed by atoms with Crippen molar-refractivity contribution < 1.29 is 8.42 Å². The number of rotatable bonds is 4. The fourth-order valence-corrected chi connectivity index (χ4v) is 3.77. The molecule has 0 bridgehead atoms. The second-order valence-corrected chi connectivity index (χ2v) is 7.32. The lowest BCUT2D eigenvalue weighted by Crippen LogP contribution is -2.30. The molecule has 20 heavy (non-hydrogen) atoms. The van der Waals surface area contributed by atoms with E-state index in [0.717, 1.165) is 4.47 Å². The Morgan fingerprint density at radius 1 is 1.15 bits per heavy atom. The van der Waals surface area contributed by atoms with Crippen molar-refractivity contribution in [1.29, 1.82) is 0 Å². The molecule has 0 atom stereocenters. The SMILES string of the molecule is CCN(c1cccc(Cl)c1)S(=O)(=O)c1ccc(Br)cc1. The fourth-order valence-electron chi connectivity index (χ4n) is 1.86. The van der Waals surface area contributed by atoms with Gasteiger partial charge in [0.05, 0.1) is 10.6 Å². The molecule has 0 amide bonds. The van der Waals surface area contributed by atoms with Gasteiger partial charge in [-0.3, -0.25) is 4.31 Å². The van der Waals surface area contributed by atoms with Crippen LogP contribution in [-0.2, 0) is 10.0 Å². The van der Waals surface area contributed by atoms with E-state index in [1.165, 1.54) is 4.31 Å². The van der Waals surface area contributed by atoms with Gasteiger partial charge in [0.2, 0.25) is 0 Å². The van der Waals surface area contributed by atoms with Crippen molar-refractivity contribution in [2.75, 3.05) is 10.8 Å². The molecule has 0 spiro atoms. The molecule has 3 nitrogen and oxygen atoms in total. The summed E-state index contributed by atoms with van der Waals surface area (Å²) in [5.41, 5.74) is 0.558. The molecule has 0 N–H and O–H groups in total. The van der Waals surface area contributed by atoms with Gasteiger partial charge >= 0.3 is 0 Å². The summed E-state index contributed by atoms with van der Waals surface area (Å²) in [6, 6.07) is 13.4. The Kier molecular flexibility index (Phi) is 4.73. The van der Waals surface area contributed by atoms with Crippen LogP contribution >= 0.6 is 27.5 Å². The fraction of sp³-hybridized carbons (Fsp3) is 0.143. The second kappa shape index (κ2) is 6.16. The molecule has 0 heterocycles. The number of nitrogens with zero attached hydrogens (tertiary/aromatic N) is 1. The van der Waals surface area contributed by atoms with Gasteiger partial charge in [0, 0.05) is 16.0 Å². The molecule has 0 saturated carbocycles. The van der Waals surface area contributed by atoms with Crippen molar-refractivity contribution in [3.8, 4) is 0 Å². The number of anilines is 1. The molecule has 2 aromatic carbocycles. The molecule has 6 heteroatoms. The third kappa shape index (κ3) is 3.16. The number of hydrogen-bond acceptors (Lipinski definition) is 2. The molecule has 0 aromatic heterocycles. The zero-order valence-corrected chi connectivity index (χ0v) is 13.9. The Labute approximate surface area is 132 Å². The topological polar surface area (TPSA) is 37.4 Å². The van der Waals surface area contributed by atoms with Crippen molar-refractivity contribution in [2.24, 2.45) is 0 Å². The predicted octanol–water partition coefficient (Wildman–Crippen LogP) is 4.32. The van der Waals surface area contributed by atoms with Crippen LogP contribution in [0.1, 0.15) is 6.92 Å². The van der Waals surface area contributed by atoms with Gasteiger partial charge in [-0.05, 0) is 49.4 Å². The normalized spacial score (nSPS) is 11.3. The predicted molar refractivity (Wildman–Crippen MR) is 85.8 cm³/mol. The van der Waals surface area contributed by atoms with Gasteiger partial charge in [-0.15, -0.1) is 0 Å². The summed E-state index contributed by atoms with van der Waals surface area (Å²) in [7, 11) is -3.58. The third-order valence-corrected chi connectivity index (χ3v) is 5.47. The summed E-state index contributed by atoms with van der Waals surface area (Å²) < 4.78 is 27.5. The van der Waals surface area contributed by atoms with Gasteiger partial charge < -0.3 is 0 Å². The minimum Gasteiger partial charge on any atom is -0.267 e. The largest absolute Gasteiger partial charge is 0.267 e. The highest BCUT2D eigenvalue weighted by atomic mass is 79.9. The minimum atomic E-state index is -3.58. The Balaban J connectivity index is 2.47. The van der Waals surface area contributed by atoms with Crippen LogP contribution in [0.2, 0.25) is 5.02 Å². The van der Waals surface area contributed by atoms with Crippen LogP contribution in [0.5, 0.6) is 0 Å². The van der Waals surface area contributed by atoms with Crippen molar-refractivity contribution >= 4 is 43.2 Å². The lowest BCUT2D eigenvalue weighted by atomic mass is 10.3. The van der Waals surface area contributed by atoms with Crippen LogP contribution in [0.15, 0.2) is 57.9 Å². The average molecular weight is 375 g/mol. The molecular formula is C14H13BrClNO2S. The maximum Gasteiger partial charge on any atom is 0.264 e. The zero-order valence-electron chi connectivity index (χ0n) is 10.8. The van der Waals surface area contributed by atoms with Crippen LogP contribution in [0.3, 0.4) is 0 Å². The Bertz CT molecular complexity index is 701. The minimum absolute atomic E-state index is 0.252. The molecule has 0 aliphatic carbocycles. The molecule has 0 fully saturated rings. The van der Waals surface area contributed by atoms with Gasteiger partial charge in [0.1, 0.15) is 0 Å². The van der Waals surface area contributed by atoms with Gasteiger partial charge in [0.15, 0.2) is 0 Å². The van der Waals surface area contributed by atoms with Gasteiger partial charge in [-0.2, -0.15) is 0 Å². The first kappa shape index (κ1) is 15.4. The van der Waals surface area contributed by atoms with E-state index >= 15 is 0 Å². The van der Waals surface area contributed by atoms with Crippen molar-refractivity contribution in [3.63, 3.8) is 0 Å². The molecule has 0 saturated heterocycles. The molecule has 0 aliphatic heterocycles. The zero-order chi connectivity index (χ0) is 14.8. The van der Waals surface area contributed by atoms with E-state index < -0.39 is 10.0 Å². The number of sulfonamides is 1. The van der Waals surface area contributed by atoms with E-state index in [0.29, 0.717) is 17.3 Å². The van der Waals surface area contributed by atoms with E-state index in [1.54, 1.807) is 55.5 Å². The third-order valence-electron chi connectivity index (χ3n) is 2.79. The van der Waals surface area contributed by atoms with E-state index in [4.69, 9.17) is 11.6 Å². The van der Waals surface area contributed by atoms with Crippen LogP contribution in [0, 0.1) is 0 Å². The average Bonchev–Trinajstić information content (AvgIpc) is 2.40. The van der Waals surface area contributed by atoms with Crippen molar-refractivity contribution in [3.05, 3.63) is 58.0 Å². The highest BCUT2D eigenvalue weighted by Crippen LogP contribution is 2.26. The van der Waals surface area contributed by atoms with Gasteiger partial charge in [-0.25, -0.2) is 8.42 Å². The number of halogens is 2. The summed E-state index contributed by atoms with van der Waals surface area (Å²) in [6.45, 7) is 2.12. The molecule has 106 valence electrons. The Morgan fingerprint density at radius 2 is 1.80 bits per heavy atom. The smallest absolute Gasteiger partial charge is 0.264 e. The highest BCUT2D eigenvalue weighted by molar-refractivity contribution is 9.10. The van der Waals surface area contributed by atoms with Crippen molar-refractivity contribution in [1.82, 2.24) is 0 Å². The summed E-state index contributed by atoms with van der Waals surface area (Å²) >= 11 is 9.23. The first-order chi connectivity index (χ1) is 9.45. The van der Waals surface area contributed by atoms with Crippen LogP contribution in [0.25, 0.3) is 0 Å². The molecule has 2 rings (SSSR count). The highest BCUT2D eigenvalue weighted by Gasteiger charge is 2.23. The van der Waals surface area contributed by atoms with E-state index in [9.17, 15) is 8.42 Å². The van der Waals surface area contributed by atoms with Crippen molar-refractivity contribution in [2.45, 2.75) is 11.8 Å². The standard InChI is InChI=1S/C14H13BrClNO2S/c1-2-17(13-5-3-4-12(16)10-13)20(18,19)14-8-6-11(15)7-9-14/h3-10H,2H2,1H3. The molecule has 0 unspecified atom stereocenters. The van der Waals surface area contributed by atoms with E-state index in [-0.39, 0.29) is 4.90 Å². The van der Waals surface area contributed by atoms with Gasteiger partial charge in [0.25, 0.3) is 10.0 Å². The van der Waals surface area contributed by atoms with Crippen LogP contribution in [0.4, 0.5) is 5.69 Å². The molecule has 0 aliphatic rings. The molecular weight excluding hydrogens is 362 g/mol. The summed E-state index contributed by atoms with van der Waals surface area (Å²) in [4.78, 5) is 0.252. The Morgan fingerprint density at radius 3 is 2.35 bits per heavy atom. The number of hydrogen-bond donors (Lipinski definition) is 0. The summed E-state index contributed by atoms with van der Waals surface area (Å²) in [5.74, 6) is 0. The summed E-state index contributed by atoms with van der Waals surface area (Å²) in [5, 5.41) is 0.506. The van der Waals surface area contributed by atoms with E-state index in [1.807, 2.05) is 0 Å². The maximum absolute atomic E-state index is 12.7.